The van der Waals surface area contributed by atoms with E-state index in [1.165, 1.54) is 11.3 Å². The number of methoxy groups -OCH3 is 1. The quantitative estimate of drug-likeness (QED) is 0.330. The molecular formula is C28H30ClN3O5S. The Morgan fingerprint density at radius 3 is 2.63 bits per heavy atom. The number of benzene rings is 1. The van der Waals surface area contributed by atoms with E-state index in [4.69, 9.17) is 26.1 Å². The number of nitrogens with zero attached hydrogens (tertiary/aromatic N) is 3. The van der Waals surface area contributed by atoms with Gasteiger partial charge in [0.25, 0.3) is 0 Å². The fraction of sp³-hybridized carbons (Fsp3) is 0.429. The number of ether oxygens (including phenoxy) is 2. The van der Waals surface area contributed by atoms with Crippen LogP contribution in [0.25, 0.3) is 22.4 Å². The maximum absolute atomic E-state index is 13.8. The monoisotopic (exact) mass is 555 g/mol. The van der Waals surface area contributed by atoms with E-state index in [9.17, 15) is 14.7 Å². The summed E-state index contributed by atoms with van der Waals surface area (Å²) in [7, 11) is 1.57. The van der Waals surface area contributed by atoms with Gasteiger partial charge in [0.2, 0.25) is 11.8 Å². The number of hydrogen-bond donors (Lipinski definition) is 1. The van der Waals surface area contributed by atoms with Crippen molar-refractivity contribution in [3.8, 4) is 28.3 Å². The molecule has 200 valence electrons. The largest absolute Gasteiger partial charge is 0.481 e. The van der Waals surface area contributed by atoms with Crippen molar-refractivity contribution in [2.75, 3.05) is 25.2 Å². The predicted molar refractivity (Wildman–Crippen MR) is 147 cm³/mol. The summed E-state index contributed by atoms with van der Waals surface area (Å²) < 4.78 is 10.6. The Morgan fingerprint density at radius 2 is 1.97 bits per heavy atom. The van der Waals surface area contributed by atoms with Crippen LogP contribution in [0.1, 0.15) is 38.5 Å². The van der Waals surface area contributed by atoms with Crippen LogP contribution in [0, 0.1) is 11.8 Å². The number of amides is 1. The maximum atomic E-state index is 13.8. The number of carboxylic acids is 1. The molecule has 8 nitrogen and oxygen atoms in total. The third kappa shape index (κ3) is 6.17. The number of aromatic nitrogens is 2. The van der Waals surface area contributed by atoms with Gasteiger partial charge < -0.3 is 14.6 Å². The SMILES string of the molecule is COc1ccc(-c2ccc(Cl)cc2-c2csc(N(C(=O)C(CC(=O)O)CC3CCOCC3)C3CC3)n2)cn1. The van der Waals surface area contributed by atoms with Crippen LogP contribution >= 0.6 is 22.9 Å². The van der Waals surface area contributed by atoms with Gasteiger partial charge in [0.15, 0.2) is 5.13 Å². The van der Waals surface area contributed by atoms with Crippen molar-refractivity contribution in [2.24, 2.45) is 11.8 Å². The second-order valence-corrected chi connectivity index (χ2v) is 11.1. The van der Waals surface area contributed by atoms with E-state index in [0.29, 0.717) is 41.4 Å². The molecule has 1 aliphatic heterocycles. The van der Waals surface area contributed by atoms with Crippen LogP contribution in [0.4, 0.5) is 5.13 Å². The molecule has 1 saturated heterocycles. The van der Waals surface area contributed by atoms with Gasteiger partial charge in [-0.15, -0.1) is 11.3 Å². The average Bonchev–Trinajstić information content (AvgIpc) is 3.64. The Hall–Kier alpha value is -3.01. The molecule has 1 atom stereocenters. The molecule has 0 radical (unpaired) electrons. The molecule has 2 fully saturated rings. The normalized spacial score (nSPS) is 16.7. The smallest absolute Gasteiger partial charge is 0.304 e. The number of aliphatic carboxylic acids is 1. The van der Waals surface area contributed by atoms with Gasteiger partial charge in [-0.25, -0.2) is 9.97 Å². The molecule has 3 aromatic rings. The van der Waals surface area contributed by atoms with Crippen molar-refractivity contribution in [1.29, 1.82) is 0 Å². The fourth-order valence-corrected chi connectivity index (χ4v) is 6.04. The maximum Gasteiger partial charge on any atom is 0.304 e. The van der Waals surface area contributed by atoms with Crippen molar-refractivity contribution in [1.82, 2.24) is 9.97 Å². The molecule has 10 heteroatoms. The van der Waals surface area contributed by atoms with E-state index in [0.717, 1.165) is 42.4 Å². The van der Waals surface area contributed by atoms with Crippen molar-refractivity contribution in [2.45, 2.75) is 44.6 Å². The van der Waals surface area contributed by atoms with Crippen molar-refractivity contribution < 1.29 is 24.2 Å². The topological polar surface area (TPSA) is 102 Å². The first-order valence-electron chi connectivity index (χ1n) is 12.8. The Bertz CT molecular complexity index is 1290. The lowest BCUT2D eigenvalue weighted by Gasteiger charge is -2.29. The fourth-order valence-electron chi connectivity index (χ4n) is 4.97. The van der Waals surface area contributed by atoms with Crippen LogP contribution in [0.2, 0.25) is 5.02 Å². The molecule has 0 spiro atoms. The van der Waals surface area contributed by atoms with Crippen molar-refractivity contribution >= 4 is 39.9 Å². The molecule has 2 aromatic heterocycles. The first-order chi connectivity index (χ1) is 18.4. The van der Waals surface area contributed by atoms with E-state index < -0.39 is 11.9 Å². The van der Waals surface area contributed by atoms with Crippen LogP contribution in [-0.4, -0.2) is 53.3 Å². The predicted octanol–water partition coefficient (Wildman–Crippen LogP) is 5.94. The Labute approximate surface area is 230 Å². The molecule has 1 saturated carbocycles. The van der Waals surface area contributed by atoms with Crippen molar-refractivity contribution in [3.63, 3.8) is 0 Å². The van der Waals surface area contributed by atoms with E-state index in [1.54, 1.807) is 24.3 Å². The molecule has 0 bridgehead atoms. The second kappa shape index (κ2) is 11.8. The average molecular weight is 556 g/mol. The lowest BCUT2D eigenvalue weighted by Crippen LogP contribution is -2.40. The number of carboxylic acid groups (broad SMARTS) is 1. The lowest BCUT2D eigenvalue weighted by atomic mass is 9.86. The summed E-state index contributed by atoms with van der Waals surface area (Å²) in [6.45, 7) is 1.32. The number of carbonyl (C=O) groups is 2. The molecule has 1 aliphatic carbocycles. The van der Waals surface area contributed by atoms with E-state index in [2.05, 4.69) is 4.98 Å². The van der Waals surface area contributed by atoms with E-state index >= 15 is 0 Å². The Balaban J connectivity index is 1.44. The minimum atomic E-state index is -0.956. The van der Waals surface area contributed by atoms with E-state index in [-0.39, 0.29) is 24.3 Å². The molecule has 5 rings (SSSR count). The number of hydrogen-bond acceptors (Lipinski definition) is 7. The highest BCUT2D eigenvalue weighted by atomic mass is 35.5. The molecule has 3 heterocycles. The molecule has 2 aliphatic rings. The summed E-state index contributed by atoms with van der Waals surface area (Å²) in [4.78, 5) is 36.5. The number of carbonyl (C=O) groups excluding carboxylic acids is 1. The molecule has 1 amide bonds. The Kier molecular flexibility index (Phi) is 8.26. The molecule has 1 unspecified atom stereocenters. The van der Waals surface area contributed by atoms with Gasteiger partial charge in [-0.3, -0.25) is 14.5 Å². The molecule has 1 N–H and O–H groups in total. The van der Waals surface area contributed by atoms with Crippen LogP contribution < -0.4 is 9.64 Å². The Morgan fingerprint density at radius 1 is 1.18 bits per heavy atom. The zero-order valence-corrected chi connectivity index (χ0v) is 22.7. The highest BCUT2D eigenvalue weighted by Crippen LogP contribution is 2.40. The summed E-state index contributed by atoms with van der Waals surface area (Å²) in [5, 5.41) is 12.7. The van der Waals surface area contributed by atoms with Gasteiger partial charge in [0.05, 0.1) is 19.2 Å². The summed E-state index contributed by atoms with van der Waals surface area (Å²) in [6.07, 6.45) is 5.60. The number of halogens is 1. The number of thiazole rings is 1. The summed E-state index contributed by atoms with van der Waals surface area (Å²) in [6, 6.07) is 9.40. The van der Waals surface area contributed by atoms with E-state index in [1.807, 2.05) is 29.6 Å². The minimum Gasteiger partial charge on any atom is -0.481 e. The number of pyridine rings is 1. The van der Waals surface area contributed by atoms with Crippen LogP contribution in [0.3, 0.4) is 0 Å². The van der Waals surface area contributed by atoms with Crippen LogP contribution in [-0.2, 0) is 14.3 Å². The zero-order valence-electron chi connectivity index (χ0n) is 21.1. The number of anilines is 1. The van der Waals surface area contributed by atoms with Crippen molar-refractivity contribution in [3.05, 3.63) is 46.9 Å². The highest BCUT2D eigenvalue weighted by molar-refractivity contribution is 7.14. The first kappa shape index (κ1) is 26.6. The summed E-state index contributed by atoms with van der Waals surface area (Å²) >= 11 is 7.77. The van der Waals surface area contributed by atoms with Crippen LogP contribution in [0.5, 0.6) is 5.88 Å². The van der Waals surface area contributed by atoms with Gasteiger partial charge >= 0.3 is 5.97 Å². The second-order valence-electron chi connectivity index (χ2n) is 9.82. The molecular weight excluding hydrogens is 526 g/mol. The van der Waals surface area contributed by atoms with Gasteiger partial charge in [-0.2, -0.15) is 0 Å². The highest BCUT2D eigenvalue weighted by Gasteiger charge is 2.40. The van der Waals surface area contributed by atoms with Gasteiger partial charge in [-0.1, -0.05) is 17.7 Å². The standard InChI is InChI=1S/C28H30ClN3O5S/c1-36-25-7-2-18(15-30-25)22-6-3-20(29)14-23(22)24-16-38-28(31-24)32(21-4-5-21)27(35)19(13-26(33)34)12-17-8-10-37-11-9-17/h2-3,6-7,14-17,19,21H,4-5,8-13H2,1H3,(H,33,34). The zero-order chi connectivity index (χ0) is 26.6. The van der Waals surface area contributed by atoms with Crippen LogP contribution in [0.15, 0.2) is 41.9 Å². The van der Waals surface area contributed by atoms with Gasteiger partial charge in [0.1, 0.15) is 0 Å². The summed E-state index contributed by atoms with van der Waals surface area (Å²) in [5.41, 5.74) is 3.34. The van der Waals surface area contributed by atoms with Gasteiger partial charge in [0, 0.05) is 59.0 Å². The van der Waals surface area contributed by atoms with Gasteiger partial charge in [-0.05, 0) is 61.8 Å². The molecule has 1 aromatic carbocycles. The first-order valence-corrected chi connectivity index (χ1v) is 14.1. The third-order valence-electron chi connectivity index (χ3n) is 7.09. The summed E-state index contributed by atoms with van der Waals surface area (Å²) in [5.74, 6) is -0.876. The molecule has 38 heavy (non-hydrogen) atoms. The minimum absolute atomic E-state index is 0.0529. The third-order valence-corrected chi connectivity index (χ3v) is 8.17. The number of rotatable bonds is 10. The lowest BCUT2D eigenvalue weighted by molar-refractivity contribution is -0.141.